The zero-order valence-corrected chi connectivity index (χ0v) is 31.4. The molecule has 2 fully saturated rings. The Kier molecular flexibility index (Phi) is 13.1. The van der Waals surface area contributed by atoms with Crippen molar-refractivity contribution in [1.29, 1.82) is 0 Å². The average Bonchev–Trinajstić information content (AvgIpc) is 3.20. The third kappa shape index (κ3) is 10.1. The van der Waals surface area contributed by atoms with E-state index in [1.54, 1.807) is 30.1 Å². The minimum Gasteiger partial charge on any atom is -0.481 e. The number of piperidine rings is 1. The summed E-state index contributed by atoms with van der Waals surface area (Å²) < 4.78 is 2.28. The number of carbonyl (C=O) groups is 4. The van der Waals surface area contributed by atoms with E-state index in [0.717, 1.165) is 79.9 Å². The summed E-state index contributed by atoms with van der Waals surface area (Å²) in [7, 11) is 0. The van der Waals surface area contributed by atoms with Gasteiger partial charge in [-0.3, -0.25) is 14.4 Å². The SMILES string of the molecule is CCN(Sc1cccc(C(=O)Nc2ccc(N3CCCCC3)cc2C(=O)Nc2ccc(CCc3ccc(C(=O)O)cc3)cc2)c1)C1CCC(C(=O)O)CC1. The molecule has 1 aliphatic heterocycles. The Balaban J connectivity index is 1.13. The molecule has 0 radical (unpaired) electrons. The topological polar surface area (TPSA) is 139 Å². The van der Waals surface area contributed by atoms with Crippen LogP contribution in [0.2, 0.25) is 0 Å². The van der Waals surface area contributed by atoms with Gasteiger partial charge in [0.15, 0.2) is 0 Å². The van der Waals surface area contributed by atoms with E-state index >= 15 is 0 Å². The van der Waals surface area contributed by atoms with E-state index in [1.807, 2.05) is 72.8 Å². The number of carboxylic acid groups (broad SMARTS) is 2. The molecule has 2 aliphatic rings. The molecule has 0 atom stereocenters. The van der Waals surface area contributed by atoms with Gasteiger partial charge >= 0.3 is 11.9 Å². The number of carbonyl (C=O) groups excluding carboxylic acids is 2. The van der Waals surface area contributed by atoms with Gasteiger partial charge in [-0.05, 0) is 142 Å². The minimum absolute atomic E-state index is 0.265. The number of aliphatic carboxylic acids is 1. The fourth-order valence-electron chi connectivity index (χ4n) is 7.27. The van der Waals surface area contributed by atoms with E-state index in [1.165, 1.54) is 6.42 Å². The second-order valence-electron chi connectivity index (χ2n) is 14.1. The molecule has 11 heteroatoms. The van der Waals surface area contributed by atoms with Gasteiger partial charge in [0, 0.05) is 47.5 Å². The van der Waals surface area contributed by atoms with Crippen LogP contribution in [0.1, 0.15) is 94.1 Å². The molecular weight excluding hydrogens is 701 g/mol. The number of hydrogen-bond acceptors (Lipinski definition) is 7. The van der Waals surface area contributed by atoms with Crippen molar-refractivity contribution in [2.75, 3.05) is 35.2 Å². The molecule has 2 amide bonds. The lowest BCUT2D eigenvalue weighted by atomic mass is 9.86. The summed E-state index contributed by atoms with van der Waals surface area (Å²) in [4.78, 5) is 53.4. The maximum absolute atomic E-state index is 13.9. The summed E-state index contributed by atoms with van der Waals surface area (Å²) in [6.07, 6.45) is 7.88. The van der Waals surface area contributed by atoms with Crippen LogP contribution in [0.5, 0.6) is 0 Å². The van der Waals surface area contributed by atoms with Crippen LogP contribution < -0.4 is 15.5 Å². The maximum atomic E-state index is 13.9. The number of anilines is 3. The van der Waals surface area contributed by atoms with Crippen molar-refractivity contribution >= 4 is 52.8 Å². The van der Waals surface area contributed by atoms with Crippen molar-refractivity contribution in [2.24, 2.45) is 5.92 Å². The molecule has 54 heavy (non-hydrogen) atoms. The molecule has 1 heterocycles. The standard InChI is InChI=1S/C43H48N4O6S/c1-2-47(35-21-17-32(18-22-35)43(52)53)54-37-8-6-7-33(27-37)40(48)45-39-24-23-36(46-25-4-3-5-26-46)28-38(39)41(49)44-34-19-13-30(14-20-34)10-9-29-11-15-31(16-12-29)42(50)51/h6-8,11-16,19-20,23-24,27-28,32,35H,2-5,9-10,17-18,21-22,25-26H2,1H3,(H,44,49)(H,45,48)(H,50,51)(H,52,53). The molecule has 1 aliphatic carbocycles. The van der Waals surface area contributed by atoms with Crippen molar-refractivity contribution in [2.45, 2.75) is 75.6 Å². The lowest BCUT2D eigenvalue weighted by Gasteiger charge is -2.34. The quantitative estimate of drug-likeness (QED) is 0.0934. The van der Waals surface area contributed by atoms with Crippen LogP contribution in [0, 0.1) is 5.92 Å². The smallest absolute Gasteiger partial charge is 0.335 e. The Morgan fingerprint density at radius 1 is 0.741 bits per heavy atom. The molecule has 4 aromatic carbocycles. The van der Waals surface area contributed by atoms with Crippen LogP contribution in [-0.2, 0) is 17.6 Å². The van der Waals surface area contributed by atoms with Crippen LogP contribution in [0.3, 0.4) is 0 Å². The van der Waals surface area contributed by atoms with E-state index in [-0.39, 0.29) is 29.3 Å². The zero-order valence-electron chi connectivity index (χ0n) is 30.6. The highest BCUT2D eigenvalue weighted by molar-refractivity contribution is 7.97. The molecule has 1 saturated carbocycles. The average molecular weight is 749 g/mol. The molecule has 10 nitrogen and oxygen atoms in total. The Morgan fingerprint density at radius 2 is 1.41 bits per heavy atom. The Hall–Kier alpha value is -5.13. The monoisotopic (exact) mass is 748 g/mol. The van der Waals surface area contributed by atoms with E-state index < -0.39 is 11.9 Å². The first-order valence-electron chi connectivity index (χ1n) is 18.9. The van der Waals surface area contributed by atoms with Crippen molar-refractivity contribution < 1.29 is 29.4 Å². The number of rotatable bonds is 14. The molecule has 6 rings (SSSR count). The Labute approximate surface area is 321 Å². The summed E-state index contributed by atoms with van der Waals surface area (Å²) in [5.41, 5.74) is 5.25. The van der Waals surface area contributed by atoms with Gasteiger partial charge in [0.2, 0.25) is 0 Å². The highest BCUT2D eigenvalue weighted by Crippen LogP contribution is 2.34. The Bertz CT molecular complexity index is 1940. The van der Waals surface area contributed by atoms with Gasteiger partial charge in [-0.2, -0.15) is 0 Å². The number of aromatic carboxylic acids is 1. The van der Waals surface area contributed by atoms with Gasteiger partial charge in [0.25, 0.3) is 11.8 Å². The third-order valence-electron chi connectivity index (χ3n) is 10.4. The second kappa shape index (κ2) is 18.3. The number of amides is 2. The molecule has 0 bridgehead atoms. The molecular formula is C43H48N4O6S. The molecule has 1 saturated heterocycles. The molecule has 4 N–H and O–H groups in total. The van der Waals surface area contributed by atoms with Crippen molar-refractivity contribution in [3.63, 3.8) is 0 Å². The fraction of sp³-hybridized carbons (Fsp3) is 0.349. The lowest BCUT2D eigenvalue weighted by Crippen LogP contribution is -2.34. The van der Waals surface area contributed by atoms with Gasteiger partial charge in [0.1, 0.15) is 0 Å². The lowest BCUT2D eigenvalue weighted by molar-refractivity contribution is -0.143. The molecule has 282 valence electrons. The number of aryl methyl sites for hydroxylation is 2. The first-order valence-corrected chi connectivity index (χ1v) is 19.6. The van der Waals surface area contributed by atoms with Crippen LogP contribution in [0.25, 0.3) is 0 Å². The van der Waals surface area contributed by atoms with Gasteiger partial charge < -0.3 is 25.7 Å². The van der Waals surface area contributed by atoms with Crippen LogP contribution in [-0.4, -0.2) is 63.9 Å². The minimum atomic E-state index is -0.943. The number of nitrogens with one attached hydrogen (secondary N) is 2. The highest BCUT2D eigenvalue weighted by atomic mass is 32.2. The normalized spacial score (nSPS) is 17.2. The van der Waals surface area contributed by atoms with Gasteiger partial charge in [-0.15, -0.1) is 0 Å². The molecule has 0 unspecified atom stereocenters. The predicted molar refractivity (Wildman–Crippen MR) is 214 cm³/mol. The fourth-order valence-corrected chi connectivity index (χ4v) is 8.34. The predicted octanol–water partition coefficient (Wildman–Crippen LogP) is 8.64. The number of hydrogen-bond donors (Lipinski definition) is 4. The van der Waals surface area contributed by atoms with Crippen molar-refractivity contribution in [1.82, 2.24) is 4.31 Å². The van der Waals surface area contributed by atoms with Crippen LogP contribution >= 0.6 is 11.9 Å². The second-order valence-corrected chi connectivity index (χ2v) is 15.2. The first kappa shape index (κ1) is 38.6. The first-order chi connectivity index (χ1) is 26.2. The maximum Gasteiger partial charge on any atom is 0.335 e. The van der Waals surface area contributed by atoms with E-state index in [4.69, 9.17) is 5.11 Å². The molecule has 4 aromatic rings. The van der Waals surface area contributed by atoms with Gasteiger partial charge in [-0.1, -0.05) is 37.3 Å². The zero-order chi connectivity index (χ0) is 38.0. The molecule has 0 aromatic heterocycles. The van der Waals surface area contributed by atoms with Crippen LogP contribution in [0.15, 0.2) is 95.9 Å². The summed E-state index contributed by atoms with van der Waals surface area (Å²) >= 11 is 1.59. The summed E-state index contributed by atoms with van der Waals surface area (Å²) in [5, 5.41) is 24.6. The Morgan fingerprint density at radius 3 is 2.04 bits per heavy atom. The summed E-state index contributed by atoms with van der Waals surface area (Å²) in [6, 6.07) is 28.0. The molecule has 0 spiro atoms. The summed E-state index contributed by atoms with van der Waals surface area (Å²) in [5.74, 6) is -2.56. The van der Waals surface area contributed by atoms with Gasteiger partial charge in [0.05, 0.1) is 22.7 Å². The van der Waals surface area contributed by atoms with Crippen LogP contribution in [0.4, 0.5) is 17.1 Å². The third-order valence-corrected chi connectivity index (χ3v) is 11.7. The van der Waals surface area contributed by atoms with E-state index in [0.29, 0.717) is 35.3 Å². The van der Waals surface area contributed by atoms with Gasteiger partial charge in [-0.25, -0.2) is 9.10 Å². The number of benzene rings is 4. The van der Waals surface area contributed by atoms with Crippen molar-refractivity contribution in [3.8, 4) is 0 Å². The van der Waals surface area contributed by atoms with E-state index in [2.05, 4.69) is 26.8 Å². The summed E-state index contributed by atoms with van der Waals surface area (Å²) in [6.45, 7) is 4.71. The van der Waals surface area contributed by atoms with Crippen molar-refractivity contribution in [3.05, 3.63) is 119 Å². The highest BCUT2D eigenvalue weighted by Gasteiger charge is 2.29. The number of carboxylic acids is 2. The van der Waals surface area contributed by atoms with E-state index in [9.17, 15) is 24.3 Å². The largest absolute Gasteiger partial charge is 0.481 e. The number of nitrogens with zero attached hydrogens (tertiary/aromatic N) is 2.